The minimum absolute atomic E-state index is 0.0265. The van der Waals surface area contributed by atoms with Gasteiger partial charge in [-0.1, -0.05) is 19.9 Å². The fourth-order valence-electron chi connectivity index (χ4n) is 7.41. The van der Waals surface area contributed by atoms with Gasteiger partial charge in [0.2, 0.25) is 5.78 Å². The van der Waals surface area contributed by atoms with Gasteiger partial charge in [-0.05, 0) is 55.7 Å². The van der Waals surface area contributed by atoms with E-state index in [9.17, 15) is 24.6 Å². The highest BCUT2D eigenvalue weighted by Crippen LogP contribution is 2.70. The van der Waals surface area contributed by atoms with Gasteiger partial charge in [0.05, 0.1) is 6.10 Å². The first-order chi connectivity index (χ1) is 14.7. The number of ether oxygens (including phenoxy) is 1. The van der Waals surface area contributed by atoms with E-state index in [-0.39, 0.29) is 24.8 Å². The molecule has 0 radical (unpaired) electrons. The lowest BCUT2D eigenvalue weighted by molar-refractivity contribution is -0.224. The van der Waals surface area contributed by atoms with E-state index in [0.717, 1.165) is 13.0 Å². The smallest absolute Gasteiger partial charge is 0.303 e. The molecule has 9 atom stereocenters. The number of Topliss-reactive ketones (excluding diaryl/α,β-unsaturated/α-hetero) is 1. The summed E-state index contributed by atoms with van der Waals surface area (Å²) in [6, 6.07) is 0. The van der Waals surface area contributed by atoms with E-state index in [1.165, 1.54) is 19.1 Å². The van der Waals surface area contributed by atoms with E-state index in [0.29, 0.717) is 0 Å². The maximum absolute atomic E-state index is 17.0. The quantitative estimate of drug-likeness (QED) is 0.638. The van der Waals surface area contributed by atoms with Crippen molar-refractivity contribution in [1.29, 1.82) is 0 Å². The highest BCUT2D eigenvalue weighted by molar-refractivity contribution is 6.01. The van der Waals surface area contributed by atoms with Gasteiger partial charge in [-0.15, -0.1) is 0 Å². The molecule has 6 nitrogen and oxygen atoms in total. The van der Waals surface area contributed by atoms with Crippen LogP contribution in [0.4, 0.5) is 8.78 Å². The van der Waals surface area contributed by atoms with Gasteiger partial charge in [0, 0.05) is 23.7 Å². The van der Waals surface area contributed by atoms with Gasteiger partial charge in [0.25, 0.3) is 0 Å². The Hall–Kier alpha value is -1.93. The van der Waals surface area contributed by atoms with Crippen molar-refractivity contribution in [2.45, 2.75) is 70.5 Å². The molecule has 0 aromatic rings. The zero-order chi connectivity index (χ0) is 23.9. The van der Waals surface area contributed by atoms with Crippen LogP contribution in [0.2, 0.25) is 0 Å². The molecule has 0 saturated heterocycles. The molecule has 0 bridgehead atoms. The first kappa shape index (κ1) is 23.2. The van der Waals surface area contributed by atoms with Crippen LogP contribution >= 0.6 is 0 Å². The van der Waals surface area contributed by atoms with Crippen LogP contribution in [-0.4, -0.2) is 57.9 Å². The van der Waals surface area contributed by atoms with Crippen LogP contribution in [0, 0.1) is 28.6 Å². The summed E-state index contributed by atoms with van der Waals surface area (Å²) in [6.07, 6.45) is 0.271. The maximum Gasteiger partial charge on any atom is 0.303 e. The number of allylic oxidation sites excluding steroid dienone is 4. The summed E-state index contributed by atoms with van der Waals surface area (Å²) in [5.41, 5.74) is -6.97. The van der Waals surface area contributed by atoms with Crippen molar-refractivity contribution in [2.75, 3.05) is 6.61 Å². The molecule has 32 heavy (non-hydrogen) atoms. The Morgan fingerprint density at radius 2 is 1.91 bits per heavy atom. The molecule has 176 valence electrons. The average molecular weight is 452 g/mol. The monoisotopic (exact) mass is 452 g/mol. The Bertz CT molecular complexity index is 945. The lowest BCUT2D eigenvalue weighted by Crippen LogP contribution is -2.70. The lowest BCUT2D eigenvalue weighted by atomic mass is 9.44. The molecule has 3 fully saturated rings. The minimum Gasteiger partial charge on any atom is -0.458 e. The molecule has 3 saturated carbocycles. The van der Waals surface area contributed by atoms with Gasteiger partial charge in [-0.3, -0.25) is 14.4 Å². The van der Waals surface area contributed by atoms with Crippen molar-refractivity contribution in [3.63, 3.8) is 0 Å². The van der Waals surface area contributed by atoms with Gasteiger partial charge in [0.15, 0.2) is 18.1 Å². The number of rotatable bonds is 3. The predicted molar refractivity (Wildman–Crippen MR) is 110 cm³/mol. The third kappa shape index (κ3) is 2.65. The number of hydrogen-bond donors (Lipinski definition) is 2. The molecule has 8 heteroatoms. The molecule has 0 aromatic carbocycles. The van der Waals surface area contributed by atoms with Gasteiger partial charge in [-0.2, -0.15) is 0 Å². The molecule has 2 N–H and O–H groups in total. The first-order valence-corrected chi connectivity index (χ1v) is 11.1. The number of carbonyl (C=O) groups excluding carboxylic acids is 3. The number of fused-ring (bicyclic) bond motifs is 5. The number of hydrogen-bond acceptors (Lipinski definition) is 6. The summed E-state index contributed by atoms with van der Waals surface area (Å²) in [6.45, 7) is 5.34. The zero-order valence-electron chi connectivity index (χ0n) is 18.7. The van der Waals surface area contributed by atoms with E-state index in [2.05, 4.69) is 0 Å². The second-order valence-electron chi connectivity index (χ2n) is 10.5. The molecule has 0 aliphatic heterocycles. The van der Waals surface area contributed by atoms with Crippen LogP contribution in [-0.2, 0) is 19.1 Å². The number of aliphatic hydroxyl groups excluding tert-OH is 1. The fourth-order valence-corrected chi connectivity index (χ4v) is 7.41. The van der Waals surface area contributed by atoms with Crippen LogP contribution in [0.25, 0.3) is 0 Å². The average Bonchev–Trinajstić information content (AvgIpc) is 2.91. The Morgan fingerprint density at radius 3 is 2.53 bits per heavy atom. The summed E-state index contributed by atoms with van der Waals surface area (Å²) in [5.74, 6) is -3.98. The van der Waals surface area contributed by atoms with Crippen molar-refractivity contribution in [1.82, 2.24) is 0 Å². The standard InChI is InChI=1S/C24H30F2O6/c1-12-7-15-16-9-18(25)17-8-14(28)5-6-21(17,3)23(16,26)19(29)10-22(15,4)24(12,31)20(30)11-32-13(2)27/h5-6,8,12,15-16,18-19,29,31H,7,9-11H2,1-4H3/t12-,15+,16+,18+,19+,21+,22+,23+,24+/m1/s1. The van der Waals surface area contributed by atoms with Gasteiger partial charge < -0.3 is 14.9 Å². The van der Waals surface area contributed by atoms with E-state index >= 15 is 8.78 Å². The Balaban J connectivity index is 1.79. The first-order valence-electron chi connectivity index (χ1n) is 11.1. The Kier molecular flexibility index (Phi) is 5.11. The summed E-state index contributed by atoms with van der Waals surface area (Å²) in [7, 11) is 0. The second-order valence-corrected chi connectivity index (χ2v) is 10.5. The Labute approximate surface area is 185 Å². The highest BCUT2D eigenvalue weighted by atomic mass is 19.1. The maximum atomic E-state index is 17.0. The summed E-state index contributed by atoms with van der Waals surface area (Å²) < 4.78 is 37.2. The molecule has 0 spiro atoms. The fraction of sp³-hybridized carbons (Fsp3) is 0.708. The van der Waals surface area contributed by atoms with Crippen LogP contribution < -0.4 is 0 Å². The number of alkyl halides is 2. The molecule has 0 unspecified atom stereocenters. The lowest BCUT2D eigenvalue weighted by Gasteiger charge is -2.63. The zero-order valence-corrected chi connectivity index (χ0v) is 18.7. The van der Waals surface area contributed by atoms with Crippen molar-refractivity contribution in [2.24, 2.45) is 28.6 Å². The number of halogens is 2. The predicted octanol–water partition coefficient (Wildman–Crippen LogP) is 2.41. The van der Waals surface area contributed by atoms with Crippen molar-refractivity contribution in [3.05, 3.63) is 23.8 Å². The van der Waals surface area contributed by atoms with E-state index < -0.39 is 76.3 Å². The van der Waals surface area contributed by atoms with E-state index in [1.54, 1.807) is 13.8 Å². The van der Waals surface area contributed by atoms with Gasteiger partial charge in [0.1, 0.15) is 11.8 Å². The van der Waals surface area contributed by atoms with Crippen LogP contribution in [0.3, 0.4) is 0 Å². The number of ketones is 2. The number of esters is 1. The SMILES string of the molecule is CC(=O)OCC(=O)[C@@]1(O)[C@H](C)C[C@H]2[C@@H]3C[C@H](F)C4=CC(=O)C=C[C@]4(C)[C@@]3(F)[C@@H](O)C[C@@]21C. The summed E-state index contributed by atoms with van der Waals surface area (Å²) in [5, 5.41) is 22.8. The van der Waals surface area contributed by atoms with Crippen LogP contribution in [0.1, 0.15) is 47.0 Å². The minimum atomic E-state index is -2.27. The van der Waals surface area contributed by atoms with Crippen LogP contribution in [0.5, 0.6) is 0 Å². The summed E-state index contributed by atoms with van der Waals surface area (Å²) in [4.78, 5) is 36.1. The molecule has 4 aliphatic rings. The van der Waals surface area contributed by atoms with Crippen LogP contribution in [0.15, 0.2) is 23.8 Å². The molecule has 0 amide bonds. The van der Waals surface area contributed by atoms with E-state index in [1.807, 2.05) is 0 Å². The van der Waals surface area contributed by atoms with Gasteiger partial charge in [-0.25, -0.2) is 8.78 Å². The number of aliphatic hydroxyl groups is 2. The molecule has 4 rings (SSSR count). The van der Waals surface area contributed by atoms with Gasteiger partial charge >= 0.3 is 5.97 Å². The normalized spacial score (nSPS) is 49.6. The molecular weight excluding hydrogens is 422 g/mol. The second kappa shape index (κ2) is 7.03. The topological polar surface area (TPSA) is 101 Å². The third-order valence-corrected chi connectivity index (χ3v) is 9.04. The third-order valence-electron chi connectivity index (χ3n) is 9.04. The highest BCUT2D eigenvalue weighted by Gasteiger charge is 2.76. The molecule has 0 aromatic heterocycles. The van der Waals surface area contributed by atoms with E-state index in [4.69, 9.17) is 4.74 Å². The number of carbonyl (C=O) groups is 3. The molecular formula is C24H30F2O6. The molecule has 4 aliphatic carbocycles. The Morgan fingerprint density at radius 1 is 1.25 bits per heavy atom. The van der Waals surface area contributed by atoms with Crippen molar-refractivity contribution >= 4 is 17.5 Å². The molecule has 0 heterocycles. The largest absolute Gasteiger partial charge is 0.458 e. The van der Waals surface area contributed by atoms with Crippen molar-refractivity contribution < 1.29 is 38.1 Å². The summed E-state index contributed by atoms with van der Waals surface area (Å²) >= 11 is 0. The van der Waals surface area contributed by atoms with Crippen molar-refractivity contribution in [3.8, 4) is 0 Å².